The Hall–Kier alpha value is -4.26. The van der Waals surface area contributed by atoms with Crippen molar-refractivity contribution in [1.29, 1.82) is 0 Å². The van der Waals surface area contributed by atoms with E-state index >= 15 is 0 Å². The van der Waals surface area contributed by atoms with Gasteiger partial charge in [-0.15, -0.1) is 0 Å². The predicted molar refractivity (Wildman–Crippen MR) is 130 cm³/mol. The van der Waals surface area contributed by atoms with E-state index in [2.05, 4.69) is 5.32 Å². The number of aryl methyl sites for hydroxylation is 2. The molecule has 4 aromatic rings. The monoisotopic (exact) mass is 452 g/mol. The third kappa shape index (κ3) is 3.75. The van der Waals surface area contributed by atoms with Gasteiger partial charge >= 0.3 is 0 Å². The first-order valence-electron chi connectivity index (χ1n) is 11.2. The van der Waals surface area contributed by atoms with Gasteiger partial charge in [0.1, 0.15) is 17.2 Å². The molecule has 1 aliphatic heterocycles. The van der Waals surface area contributed by atoms with Crippen molar-refractivity contribution in [1.82, 2.24) is 14.3 Å². The standard InChI is InChI=1S/C27H24N4O3/c1-17-12-13-20-21(16-17)27(34)31(26(20)33)15-7-11-22(32)28-25-23(19-9-4-3-5-10-19)29-24-18(2)8-6-14-30(24)25/h3-6,8-10,12-14,16H,7,11,15H2,1-2H3,(H,28,32). The number of benzene rings is 2. The van der Waals surface area contributed by atoms with Crippen molar-refractivity contribution in [2.24, 2.45) is 0 Å². The van der Waals surface area contributed by atoms with Crippen LogP contribution in [0.2, 0.25) is 0 Å². The first-order valence-corrected chi connectivity index (χ1v) is 11.2. The van der Waals surface area contributed by atoms with Crippen LogP contribution in [-0.2, 0) is 4.79 Å². The lowest BCUT2D eigenvalue weighted by molar-refractivity contribution is -0.116. The zero-order valence-electron chi connectivity index (χ0n) is 19.0. The molecule has 5 rings (SSSR count). The highest BCUT2D eigenvalue weighted by Gasteiger charge is 2.35. The van der Waals surface area contributed by atoms with Gasteiger partial charge in [-0.2, -0.15) is 0 Å². The maximum atomic E-state index is 12.9. The van der Waals surface area contributed by atoms with Gasteiger partial charge in [-0.3, -0.25) is 23.7 Å². The zero-order chi connectivity index (χ0) is 23.8. The average molecular weight is 453 g/mol. The summed E-state index contributed by atoms with van der Waals surface area (Å²) in [6, 6.07) is 18.8. The van der Waals surface area contributed by atoms with Crippen molar-refractivity contribution in [2.75, 3.05) is 11.9 Å². The first kappa shape index (κ1) is 21.6. The van der Waals surface area contributed by atoms with E-state index in [1.165, 1.54) is 4.90 Å². The normalized spacial score (nSPS) is 12.9. The van der Waals surface area contributed by atoms with Gasteiger partial charge < -0.3 is 5.32 Å². The molecule has 0 radical (unpaired) electrons. The number of imidazole rings is 1. The number of hydrogen-bond donors (Lipinski definition) is 1. The third-order valence-corrected chi connectivity index (χ3v) is 6.06. The number of pyridine rings is 1. The predicted octanol–water partition coefficient (Wildman–Crippen LogP) is 4.63. The Morgan fingerprint density at radius 1 is 0.941 bits per heavy atom. The summed E-state index contributed by atoms with van der Waals surface area (Å²) in [5.41, 5.74) is 5.16. The molecule has 2 aromatic heterocycles. The van der Waals surface area contributed by atoms with E-state index in [0.717, 1.165) is 22.3 Å². The molecule has 1 N–H and O–H groups in total. The lowest BCUT2D eigenvalue weighted by atomic mass is 10.1. The van der Waals surface area contributed by atoms with Gasteiger partial charge in [0.15, 0.2) is 0 Å². The topological polar surface area (TPSA) is 83.8 Å². The van der Waals surface area contributed by atoms with Crippen molar-refractivity contribution < 1.29 is 14.4 Å². The lowest BCUT2D eigenvalue weighted by Gasteiger charge is -2.13. The van der Waals surface area contributed by atoms with Crippen molar-refractivity contribution in [3.8, 4) is 11.3 Å². The molecule has 2 aromatic carbocycles. The van der Waals surface area contributed by atoms with Gasteiger partial charge in [-0.05, 0) is 44.0 Å². The summed E-state index contributed by atoms with van der Waals surface area (Å²) in [7, 11) is 0. The highest BCUT2D eigenvalue weighted by Crippen LogP contribution is 2.30. The van der Waals surface area contributed by atoms with E-state index in [4.69, 9.17) is 4.98 Å². The van der Waals surface area contributed by atoms with Gasteiger partial charge in [-0.25, -0.2) is 4.98 Å². The second kappa shape index (κ2) is 8.59. The first-order chi connectivity index (χ1) is 16.4. The minimum absolute atomic E-state index is 0.166. The number of nitrogens with zero attached hydrogens (tertiary/aromatic N) is 3. The molecule has 170 valence electrons. The van der Waals surface area contributed by atoms with Crippen LogP contribution in [0.5, 0.6) is 0 Å². The molecule has 7 nitrogen and oxygen atoms in total. The Morgan fingerprint density at radius 2 is 1.71 bits per heavy atom. The molecular formula is C27H24N4O3. The fourth-order valence-electron chi connectivity index (χ4n) is 4.32. The molecule has 3 amide bonds. The van der Waals surface area contributed by atoms with E-state index in [0.29, 0.717) is 29.1 Å². The molecular weight excluding hydrogens is 428 g/mol. The smallest absolute Gasteiger partial charge is 0.261 e. The zero-order valence-corrected chi connectivity index (χ0v) is 19.0. The molecule has 0 fully saturated rings. The van der Waals surface area contributed by atoms with Crippen LogP contribution in [0.4, 0.5) is 5.82 Å². The van der Waals surface area contributed by atoms with Crippen LogP contribution in [0.15, 0.2) is 66.9 Å². The van der Waals surface area contributed by atoms with Gasteiger partial charge in [0.2, 0.25) is 5.91 Å². The van der Waals surface area contributed by atoms with Crippen LogP contribution in [0, 0.1) is 13.8 Å². The number of carbonyl (C=O) groups is 3. The van der Waals surface area contributed by atoms with Crippen molar-refractivity contribution >= 4 is 29.2 Å². The Balaban J connectivity index is 1.31. The number of anilines is 1. The molecule has 1 aliphatic rings. The Labute approximate surface area is 197 Å². The summed E-state index contributed by atoms with van der Waals surface area (Å²) in [5, 5.41) is 3.00. The highest BCUT2D eigenvalue weighted by molar-refractivity contribution is 6.21. The van der Waals surface area contributed by atoms with Gasteiger partial charge in [0.25, 0.3) is 11.8 Å². The number of hydrogen-bond acceptors (Lipinski definition) is 4. The number of amides is 3. The molecule has 0 aliphatic carbocycles. The van der Waals surface area contributed by atoms with Crippen molar-refractivity contribution in [3.63, 3.8) is 0 Å². The average Bonchev–Trinajstić information content (AvgIpc) is 3.31. The SMILES string of the molecule is Cc1ccc2c(c1)C(=O)N(CCCC(=O)Nc1c(-c3ccccc3)nc3c(C)cccn13)C2=O. The van der Waals surface area contributed by atoms with Gasteiger partial charge in [-0.1, -0.05) is 48.0 Å². The molecule has 0 unspecified atom stereocenters. The minimum atomic E-state index is -0.302. The molecule has 0 bridgehead atoms. The molecule has 34 heavy (non-hydrogen) atoms. The summed E-state index contributed by atoms with van der Waals surface area (Å²) in [6.07, 6.45) is 2.41. The largest absolute Gasteiger partial charge is 0.310 e. The second-order valence-corrected chi connectivity index (χ2v) is 8.52. The van der Waals surface area contributed by atoms with Crippen LogP contribution < -0.4 is 5.32 Å². The number of nitrogens with one attached hydrogen (secondary N) is 1. The molecule has 0 saturated carbocycles. The molecule has 3 heterocycles. The fraction of sp³-hybridized carbons (Fsp3) is 0.185. The number of imide groups is 1. The number of fused-ring (bicyclic) bond motifs is 2. The van der Waals surface area contributed by atoms with Crippen molar-refractivity contribution in [2.45, 2.75) is 26.7 Å². The van der Waals surface area contributed by atoms with E-state index in [-0.39, 0.29) is 30.7 Å². The summed E-state index contributed by atoms with van der Waals surface area (Å²) >= 11 is 0. The van der Waals surface area contributed by atoms with Crippen LogP contribution in [0.3, 0.4) is 0 Å². The van der Waals surface area contributed by atoms with E-state index < -0.39 is 0 Å². The second-order valence-electron chi connectivity index (χ2n) is 8.52. The summed E-state index contributed by atoms with van der Waals surface area (Å²) in [6.45, 7) is 4.05. The molecule has 0 spiro atoms. The Bertz CT molecular complexity index is 1440. The van der Waals surface area contributed by atoms with E-state index in [1.54, 1.807) is 12.1 Å². The van der Waals surface area contributed by atoms with Crippen LogP contribution in [-0.4, -0.2) is 38.6 Å². The van der Waals surface area contributed by atoms with E-state index in [9.17, 15) is 14.4 Å². The van der Waals surface area contributed by atoms with Gasteiger partial charge in [0, 0.05) is 24.7 Å². The number of rotatable bonds is 6. The Kier molecular flexibility index (Phi) is 5.45. The van der Waals surface area contributed by atoms with Crippen LogP contribution in [0.25, 0.3) is 16.9 Å². The van der Waals surface area contributed by atoms with Crippen molar-refractivity contribution in [3.05, 3.63) is 89.1 Å². The lowest BCUT2D eigenvalue weighted by Crippen LogP contribution is -2.31. The fourth-order valence-corrected chi connectivity index (χ4v) is 4.32. The Morgan fingerprint density at radius 3 is 2.50 bits per heavy atom. The number of aromatic nitrogens is 2. The van der Waals surface area contributed by atoms with Gasteiger partial charge in [0.05, 0.1) is 11.1 Å². The summed E-state index contributed by atoms with van der Waals surface area (Å²) in [5.74, 6) is -0.198. The maximum absolute atomic E-state index is 12.9. The summed E-state index contributed by atoms with van der Waals surface area (Å²) < 4.78 is 1.88. The molecule has 0 saturated heterocycles. The van der Waals surface area contributed by atoms with Crippen LogP contribution >= 0.6 is 0 Å². The van der Waals surface area contributed by atoms with E-state index in [1.807, 2.05) is 73.0 Å². The number of carbonyl (C=O) groups excluding carboxylic acids is 3. The minimum Gasteiger partial charge on any atom is -0.310 e. The molecule has 7 heteroatoms. The maximum Gasteiger partial charge on any atom is 0.261 e. The summed E-state index contributed by atoms with van der Waals surface area (Å²) in [4.78, 5) is 44.2. The quantitative estimate of drug-likeness (QED) is 0.432. The van der Waals surface area contributed by atoms with Crippen LogP contribution in [0.1, 0.15) is 44.7 Å². The highest BCUT2D eigenvalue weighted by atomic mass is 16.2. The molecule has 0 atom stereocenters. The third-order valence-electron chi connectivity index (χ3n) is 6.06.